The van der Waals surface area contributed by atoms with Crippen molar-refractivity contribution in [2.24, 2.45) is 0 Å². The highest BCUT2D eigenvalue weighted by molar-refractivity contribution is 5.90. The molecule has 1 aromatic rings. The number of nitrogens with one attached hydrogen (secondary N) is 2. The van der Waals surface area contributed by atoms with Crippen LogP contribution < -0.4 is 10.6 Å². The van der Waals surface area contributed by atoms with Crippen LogP contribution in [0.1, 0.15) is 5.56 Å². The van der Waals surface area contributed by atoms with Gasteiger partial charge in [-0.2, -0.15) is 0 Å². The van der Waals surface area contributed by atoms with Gasteiger partial charge in [0, 0.05) is 12.8 Å². The lowest BCUT2D eigenvalue weighted by molar-refractivity contribution is -0.147. The Kier molecular flexibility index (Phi) is 5.25. The molecule has 0 aromatic heterocycles. The first-order valence-corrected chi connectivity index (χ1v) is 5.50. The maximum Gasteiger partial charge on any atom is 0.334 e. The van der Waals surface area contributed by atoms with E-state index in [1.807, 2.05) is 0 Å². The maximum absolute atomic E-state index is 13.0. The number of amides is 2. The number of methoxy groups -OCH3 is 1. The summed E-state index contributed by atoms with van der Waals surface area (Å²) in [5, 5.41) is 13.5. The molecule has 1 atom stereocenters. The van der Waals surface area contributed by atoms with Crippen LogP contribution in [0.15, 0.2) is 18.2 Å². The van der Waals surface area contributed by atoms with E-state index in [1.165, 1.54) is 25.3 Å². The molecule has 0 heterocycles. The van der Waals surface area contributed by atoms with E-state index in [1.54, 1.807) is 6.92 Å². The number of halogens is 1. The SMILES string of the molecule is COC(CNC(=O)Nc1cc(F)ccc1C)C(=O)O. The van der Waals surface area contributed by atoms with Crippen LogP contribution in [0.4, 0.5) is 14.9 Å². The zero-order valence-electron chi connectivity index (χ0n) is 10.6. The topological polar surface area (TPSA) is 87.7 Å². The molecular weight excluding hydrogens is 255 g/mol. The molecule has 1 aromatic carbocycles. The number of anilines is 1. The monoisotopic (exact) mass is 270 g/mol. The minimum Gasteiger partial charge on any atom is -0.479 e. The van der Waals surface area contributed by atoms with E-state index in [9.17, 15) is 14.0 Å². The molecule has 0 aliphatic carbocycles. The number of aliphatic carboxylic acids is 1. The third kappa shape index (κ3) is 4.55. The Hall–Kier alpha value is -2.15. The lowest BCUT2D eigenvalue weighted by Gasteiger charge is -2.13. The second kappa shape index (κ2) is 6.69. The van der Waals surface area contributed by atoms with Crippen LogP contribution in [0.5, 0.6) is 0 Å². The summed E-state index contributed by atoms with van der Waals surface area (Å²) in [6.07, 6.45) is -1.13. The van der Waals surface area contributed by atoms with Crippen molar-refractivity contribution in [2.45, 2.75) is 13.0 Å². The second-order valence-corrected chi connectivity index (χ2v) is 3.86. The van der Waals surface area contributed by atoms with E-state index in [0.29, 0.717) is 11.3 Å². The number of hydrogen-bond donors (Lipinski definition) is 3. The molecule has 0 spiro atoms. The van der Waals surface area contributed by atoms with Crippen LogP contribution in [-0.4, -0.2) is 36.9 Å². The third-order valence-corrected chi connectivity index (χ3v) is 2.46. The quantitative estimate of drug-likeness (QED) is 0.753. The Labute approximate surface area is 109 Å². The zero-order valence-corrected chi connectivity index (χ0v) is 10.6. The van der Waals surface area contributed by atoms with E-state index < -0.39 is 23.9 Å². The molecule has 0 radical (unpaired) electrons. The molecule has 0 saturated heterocycles. The van der Waals surface area contributed by atoms with Crippen molar-refractivity contribution in [1.82, 2.24) is 5.32 Å². The summed E-state index contributed by atoms with van der Waals surface area (Å²) in [5.41, 5.74) is 1.01. The van der Waals surface area contributed by atoms with Crippen molar-refractivity contribution in [3.63, 3.8) is 0 Å². The molecule has 0 fully saturated rings. The Bertz CT molecular complexity index is 479. The molecule has 19 heavy (non-hydrogen) atoms. The van der Waals surface area contributed by atoms with Crippen molar-refractivity contribution in [3.8, 4) is 0 Å². The van der Waals surface area contributed by atoms with Crippen LogP contribution in [0.25, 0.3) is 0 Å². The molecule has 0 bridgehead atoms. The van der Waals surface area contributed by atoms with Crippen LogP contribution in [0, 0.1) is 12.7 Å². The number of rotatable bonds is 5. The number of ether oxygens (including phenoxy) is 1. The average Bonchev–Trinajstić information content (AvgIpc) is 2.34. The van der Waals surface area contributed by atoms with Gasteiger partial charge < -0.3 is 20.5 Å². The molecule has 1 rings (SSSR count). The van der Waals surface area contributed by atoms with Crippen LogP contribution in [-0.2, 0) is 9.53 Å². The molecule has 2 amide bonds. The van der Waals surface area contributed by atoms with Crippen LogP contribution in [0.3, 0.4) is 0 Å². The van der Waals surface area contributed by atoms with Gasteiger partial charge in [-0.25, -0.2) is 14.0 Å². The number of carboxylic acids is 1. The van der Waals surface area contributed by atoms with E-state index in [4.69, 9.17) is 5.11 Å². The lowest BCUT2D eigenvalue weighted by atomic mass is 10.2. The predicted octanol–water partition coefficient (Wildman–Crippen LogP) is 1.36. The van der Waals surface area contributed by atoms with Crippen LogP contribution >= 0.6 is 0 Å². The van der Waals surface area contributed by atoms with E-state index >= 15 is 0 Å². The summed E-state index contributed by atoms with van der Waals surface area (Å²) in [7, 11) is 1.23. The van der Waals surface area contributed by atoms with Gasteiger partial charge in [0.05, 0.1) is 6.54 Å². The summed E-state index contributed by atoms with van der Waals surface area (Å²) in [4.78, 5) is 22.2. The number of urea groups is 1. The highest BCUT2D eigenvalue weighted by Gasteiger charge is 2.17. The molecule has 104 valence electrons. The van der Waals surface area contributed by atoms with E-state index in [2.05, 4.69) is 15.4 Å². The minimum atomic E-state index is -1.18. The van der Waals surface area contributed by atoms with E-state index in [0.717, 1.165) is 0 Å². The number of carbonyl (C=O) groups excluding carboxylic acids is 1. The zero-order chi connectivity index (χ0) is 14.4. The van der Waals surface area contributed by atoms with Gasteiger partial charge in [-0.05, 0) is 24.6 Å². The summed E-state index contributed by atoms with van der Waals surface area (Å²) in [5.74, 6) is -1.65. The molecular formula is C12H15FN2O4. The van der Waals surface area contributed by atoms with E-state index in [-0.39, 0.29) is 6.54 Å². The molecule has 0 aliphatic rings. The minimum absolute atomic E-state index is 0.188. The summed E-state index contributed by atoms with van der Waals surface area (Å²) in [6.45, 7) is 1.52. The summed E-state index contributed by atoms with van der Waals surface area (Å²) >= 11 is 0. The summed E-state index contributed by atoms with van der Waals surface area (Å²) in [6, 6.07) is 3.36. The van der Waals surface area contributed by atoms with Crippen molar-refractivity contribution in [2.75, 3.05) is 19.0 Å². The van der Waals surface area contributed by atoms with Crippen molar-refractivity contribution >= 4 is 17.7 Å². The smallest absolute Gasteiger partial charge is 0.334 e. The van der Waals surface area contributed by atoms with Gasteiger partial charge in [-0.15, -0.1) is 0 Å². The van der Waals surface area contributed by atoms with Gasteiger partial charge >= 0.3 is 12.0 Å². The van der Waals surface area contributed by atoms with Crippen molar-refractivity contribution in [1.29, 1.82) is 0 Å². The fraction of sp³-hybridized carbons (Fsp3) is 0.333. The third-order valence-electron chi connectivity index (χ3n) is 2.46. The molecule has 3 N–H and O–H groups in total. The van der Waals surface area contributed by atoms with Gasteiger partial charge in [0.15, 0.2) is 6.10 Å². The molecule has 7 heteroatoms. The Morgan fingerprint density at radius 2 is 2.16 bits per heavy atom. The molecule has 0 aliphatic heterocycles. The normalized spacial score (nSPS) is 11.7. The fourth-order valence-electron chi connectivity index (χ4n) is 1.35. The number of carboxylic acid groups (broad SMARTS) is 1. The average molecular weight is 270 g/mol. The first kappa shape index (κ1) is 14.9. The highest BCUT2D eigenvalue weighted by Crippen LogP contribution is 2.15. The lowest BCUT2D eigenvalue weighted by Crippen LogP contribution is -2.39. The number of benzene rings is 1. The van der Waals surface area contributed by atoms with Gasteiger partial charge in [-0.1, -0.05) is 6.07 Å². The number of aryl methyl sites for hydroxylation is 1. The van der Waals surface area contributed by atoms with Crippen molar-refractivity contribution < 1.29 is 23.8 Å². The largest absolute Gasteiger partial charge is 0.479 e. The van der Waals surface area contributed by atoms with Crippen LogP contribution in [0.2, 0.25) is 0 Å². The van der Waals surface area contributed by atoms with Gasteiger partial charge in [0.25, 0.3) is 0 Å². The highest BCUT2D eigenvalue weighted by atomic mass is 19.1. The Morgan fingerprint density at radius 1 is 1.47 bits per heavy atom. The van der Waals surface area contributed by atoms with Gasteiger partial charge in [0.2, 0.25) is 0 Å². The number of hydrogen-bond acceptors (Lipinski definition) is 3. The Morgan fingerprint density at radius 3 is 2.74 bits per heavy atom. The molecule has 6 nitrogen and oxygen atoms in total. The fourth-order valence-corrected chi connectivity index (χ4v) is 1.35. The first-order chi connectivity index (χ1) is 8.93. The van der Waals surface area contributed by atoms with Crippen molar-refractivity contribution in [3.05, 3.63) is 29.6 Å². The maximum atomic E-state index is 13.0. The standard InChI is InChI=1S/C12H15FN2O4/c1-7-3-4-8(13)5-9(7)15-12(18)14-6-10(19-2)11(16)17/h3-5,10H,6H2,1-2H3,(H,16,17)(H2,14,15,18). The van der Waals surface area contributed by atoms with Gasteiger partial charge in [0.1, 0.15) is 5.82 Å². The first-order valence-electron chi connectivity index (χ1n) is 5.50. The predicted molar refractivity (Wildman–Crippen MR) is 66.6 cm³/mol. The summed E-state index contributed by atoms with van der Waals surface area (Å²) < 4.78 is 17.7. The van der Waals surface area contributed by atoms with Gasteiger partial charge in [-0.3, -0.25) is 0 Å². The Balaban J connectivity index is 2.56. The number of carbonyl (C=O) groups is 2. The molecule has 1 unspecified atom stereocenters. The second-order valence-electron chi connectivity index (χ2n) is 3.86. The molecule has 0 saturated carbocycles.